The van der Waals surface area contributed by atoms with E-state index in [0.29, 0.717) is 0 Å². The second-order valence-corrected chi connectivity index (χ2v) is 6.76. The monoisotopic (exact) mass is 337 g/mol. The summed E-state index contributed by atoms with van der Waals surface area (Å²) < 4.78 is 0. The highest BCUT2D eigenvalue weighted by Crippen LogP contribution is 2.20. The Labute approximate surface area is 150 Å². The summed E-state index contributed by atoms with van der Waals surface area (Å²) in [5.41, 5.74) is 1.88. The standard InChI is InChI=1S/C21H27N3O/c25-21(23-18-13-7-2-1-3-8-14-18)24-20(17-11-5-4-6-12-17)19-15-9-10-16-22-19/h4-6,9-12,15-16,18,20H,1-3,7-8,13-14H2,(H2,23,24,25)/t20-/m1/s1. The summed E-state index contributed by atoms with van der Waals surface area (Å²) >= 11 is 0. The molecule has 25 heavy (non-hydrogen) atoms. The van der Waals surface area contributed by atoms with Crippen LogP contribution in [0.25, 0.3) is 0 Å². The number of carbonyl (C=O) groups is 1. The molecular weight excluding hydrogens is 310 g/mol. The van der Waals surface area contributed by atoms with Gasteiger partial charge in [0.1, 0.15) is 0 Å². The van der Waals surface area contributed by atoms with Crippen LogP contribution in [0.5, 0.6) is 0 Å². The van der Waals surface area contributed by atoms with E-state index in [9.17, 15) is 4.79 Å². The Morgan fingerprint density at radius 3 is 2.28 bits per heavy atom. The molecule has 2 N–H and O–H groups in total. The molecule has 2 aromatic rings. The van der Waals surface area contributed by atoms with Gasteiger partial charge >= 0.3 is 6.03 Å². The Balaban J connectivity index is 1.68. The number of hydrogen-bond donors (Lipinski definition) is 2. The van der Waals surface area contributed by atoms with Crippen LogP contribution in [0.2, 0.25) is 0 Å². The lowest BCUT2D eigenvalue weighted by molar-refractivity contribution is 0.231. The summed E-state index contributed by atoms with van der Waals surface area (Å²) in [6, 6.07) is 15.7. The van der Waals surface area contributed by atoms with E-state index in [1.165, 1.54) is 32.1 Å². The van der Waals surface area contributed by atoms with Gasteiger partial charge in [0.05, 0.1) is 11.7 Å². The third kappa shape index (κ3) is 5.31. The van der Waals surface area contributed by atoms with Gasteiger partial charge in [-0.3, -0.25) is 4.98 Å². The zero-order valence-corrected chi connectivity index (χ0v) is 14.7. The van der Waals surface area contributed by atoms with Crippen molar-refractivity contribution in [2.24, 2.45) is 0 Å². The summed E-state index contributed by atoms with van der Waals surface area (Å²) in [6.45, 7) is 0. The smallest absolute Gasteiger partial charge is 0.315 e. The minimum Gasteiger partial charge on any atom is -0.335 e. The molecule has 1 aromatic carbocycles. The first kappa shape index (κ1) is 17.5. The van der Waals surface area contributed by atoms with Crippen molar-refractivity contribution in [3.63, 3.8) is 0 Å². The highest BCUT2D eigenvalue weighted by Gasteiger charge is 2.20. The number of nitrogens with one attached hydrogen (secondary N) is 2. The highest BCUT2D eigenvalue weighted by molar-refractivity contribution is 5.75. The third-order valence-corrected chi connectivity index (χ3v) is 4.83. The maximum absolute atomic E-state index is 12.6. The number of amides is 2. The molecule has 0 saturated heterocycles. The zero-order valence-electron chi connectivity index (χ0n) is 14.7. The first-order valence-corrected chi connectivity index (χ1v) is 9.36. The minimum atomic E-state index is -0.240. The molecule has 4 heteroatoms. The van der Waals surface area contributed by atoms with E-state index < -0.39 is 0 Å². The topological polar surface area (TPSA) is 54.0 Å². The molecule has 0 radical (unpaired) electrons. The Morgan fingerprint density at radius 2 is 1.60 bits per heavy atom. The van der Waals surface area contributed by atoms with Gasteiger partial charge in [-0.05, 0) is 30.5 Å². The number of benzene rings is 1. The maximum Gasteiger partial charge on any atom is 0.315 e. The number of nitrogens with zero attached hydrogens (tertiary/aromatic N) is 1. The van der Waals surface area contributed by atoms with Crippen LogP contribution in [0, 0.1) is 0 Å². The average Bonchev–Trinajstić information content (AvgIpc) is 2.63. The molecule has 4 nitrogen and oxygen atoms in total. The van der Waals surface area contributed by atoms with Gasteiger partial charge < -0.3 is 10.6 Å². The molecule has 0 aliphatic heterocycles. The van der Waals surface area contributed by atoms with Crippen LogP contribution in [-0.4, -0.2) is 17.1 Å². The van der Waals surface area contributed by atoms with E-state index in [1.54, 1.807) is 6.20 Å². The number of carbonyl (C=O) groups excluding carboxylic acids is 1. The van der Waals surface area contributed by atoms with Gasteiger partial charge in [0.2, 0.25) is 0 Å². The number of aromatic nitrogens is 1. The summed E-state index contributed by atoms with van der Waals surface area (Å²) in [5, 5.41) is 6.30. The molecule has 0 spiro atoms. The first-order chi connectivity index (χ1) is 12.3. The van der Waals surface area contributed by atoms with Crippen LogP contribution in [0.3, 0.4) is 0 Å². The van der Waals surface area contributed by atoms with Gasteiger partial charge in [-0.1, -0.05) is 68.5 Å². The fourth-order valence-corrected chi connectivity index (χ4v) is 3.48. The fraction of sp³-hybridized carbons (Fsp3) is 0.429. The van der Waals surface area contributed by atoms with Crippen LogP contribution in [0.15, 0.2) is 54.7 Å². The highest BCUT2D eigenvalue weighted by atomic mass is 16.2. The second-order valence-electron chi connectivity index (χ2n) is 6.76. The molecule has 1 saturated carbocycles. The van der Waals surface area contributed by atoms with Crippen LogP contribution in [0.1, 0.15) is 62.2 Å². The van der Waals surface area contributed by atoms with E-state index in [2.05, 4.69) is 15.6 Å². The number of hydrogen-bond acceptors (Lipinski definition) is 2. The molecule has 1 aliphatic carbocycles. The van der Waals surface area contributed by atoms with Gasteiger partial charge in [-0.2, -0.15) is 0 Å². The molecular formula is C21H27N3O. The SMILES string of the molecule is O=C(NC1CCCCCCC1)N[C@H](c1ccccc1)c1ccccn1. The molecule has 0 bridgehead atoms. The van der Waals surface area contributed by atoms with Crippen molar-refractivity contribution in [3.05, 3.63) is 66.0 Å². The van der Waals surface area contributed by atoms with Crippen molar-refractivity contribution >= 4 is 6.03 Å². The van der Waals surface area contributed by atoms with Crippen molar-refractivity contribution in [1.82, 2.24) is 15.6 Å². The molecule has 0 unspecified atom stereocenters. The lowest BCUT2D eigenvalue weighted by Crippen LogP contribution is -2.44. The fourth-order valence-electron chi connectivity index (χ4n) is 3.48. The van der Waals surface area contributed by atoms with Gasteiger partial charge in [-0.25, -0.2) is 4.79 Å². The van der Waals surface area contributed by atoms with Gasteiger partial charge in [0, 0.05) is 12.2 Å². The molecule has 1 fully saturated rings. The number of urea groups is 1. The summed E-state index contributed by atoms with van der Waals surface area (Å²) in [7, 11) is 0. The summed E-state index contributed by atoms with van der Waals surface area (Å²) in [5.74, 6) is 0. The molecule has 1 aliphatic rings. The van der Waals surface area contributed by atoms with Crippen LogP contribution < -0.4 is 10.6 Å². The Kier molecular flexibility index (Phi) is 6.43. The zero-order chi connectivity index (χ0) is 17.3. The van der Waals surface area contributed by atoms with Crippen LogP contribution in [0.4, 0.5) is 4.79 Å². The lowest BCUT2D eigenvalue weighted by Gasteiger charge is -2.24. The van der Waals surface area contributed by atoms with Gasteiger partial charge in [-0.15, -0.1) is 0 Å². The molecule has 1 aromatic heterocycles. The quantitative estimate of drug-likeness (QED) is 0.858. The minimum absolute atomic E-state index is 0.106. The second kappa shape index (κ2) is 9.21. The molecule has 1 atom stereocenters. The van der Waals surface area contributed by atoms with Crippen molar-refractivity contribution in [2.75, 3.05) is 0 Å². The molecule has 1 heterocycles. The third-order valence-electron chi connectivity index (χ3n) is 4.83. The van der Waals surface area contributed by atoms with E-state index >= 15 is 0 Å². The van der Waals surface area contributed by atoms with Crippen molar-refractivity contribution in [1.29, 1.82) is 0 Å². The van der Waals surface area contributed by atoms with E-state index in [-0.39, 0.29) is 18.1 Å². The van der Waals surface area contributed by atoms with E-state index in [4.69, 9.17) is 0 Å². The summed E-state index contributed by atoms with van der Waals surface area (Å²) in [6.07, 6.45) is 10.2. The van der Waals surface area contributed by atoms with Crippen molar-refractivity contribution in [2.45, 2.75) is 57.0 Å². The average molecular weight is 337 g/mol. The normalized spacial score (nSPS) is 17.1. The molecule has 132 valence electrons. The predicted octanol–water partition coefficient (Wildman–Crippen LogP) is 4.58. The Hall–Kier alpha value is -2.36. The van der Waals surface area contributed by atoms with Gasteiger partial charge in [0.15, 0.2) is 0 Å². The maximum atomic E-state index is 12.6. The lowest BCUT2D eigenvalue weighted by atomic mass is 9.97. The van der Waals surface area contributed by atoms with Crippen molar-refractivity contribution < 1.29 is 4.79 Å². The molecule has 3 rings (SSSR count). The van der Waals surface area contributed by atoms with Gasteiger partial charge in [0.25, 0.3) is 0 Å². The Morgan fingerprint density at radius 1 is 0.920 bits per heavy atom. The van der Waals surface area contributed by atoms with Crippen LogP contribution >= 0.6 is 0 Å². The number of pyridine rings is 1. The van der Waals surface area contributed by atoms with Crippen molar-refractivity contribution in [3.8, 4) is 0 Å². The largest absolute Gasteiger partial charge is 0.335 e. The van der Waals surface area contributed by atoms with E-state index in [1.807, 2.05) is 48.5 Å². The molecule has 2 amide bonds. The number of rotatable bonds is 4. The predicted molar refractivity (Wildman–Crippen MR) is 100 cm³/mol. The first-order valence-electron chi connectivity index (χ1n) is 9.36. The summed E-state index contributed by atoms with van der Waals surface area (Å²) in [4.78, 5) is 17.1. The Bertz CT molecular complexity index is 597. The van der Waals surface area contributed by atoms with Crippen LogP contribution in [-0.2, 0) is 0 Å². The van der Waals surface area contributed by atoms with E-state index in [0.717, 1.165) is 24.1 Å².